The van der Waals surface area contributed by atoms with Crippen LogP contribution in [-0.2, 0) is 12.7 Å². The molecule has 0 aliphatic carbocycles. The second-order valence-corrected chi connectivity index (χ2v) is 7.62. The Bertz CT molecular complexity index is 994. The molecular weight excluding hydrogens is 400 g/mol. The molecule has 3 heterocycles. The highest BCUT2D eigenvalue weighted by atomic mass is 35.5. The number of fused-ring (bicyclic) bond motifs is 3. The molecule has 4 nitrogen and oxygen atoms in total. The van der Waals surface area contributed by atoms with Gasteiger partial charge in [0.2, 0.25) is 5.82 Å². The smallest absolute Gasteiger partial charge is 0.320 e. The quantitative estimate of drug-likeness (QED) is 0.589. The van der Waals surface area contributed by atoms with Crippen molar-refractivity contribution < 1.29 is 13.2 Å². The molecule has 1 aliphatic heterocycles. The van der Waals surface area contributed by atoms with Crippen LogP contribution in [0.2, 0.25) is 10.2 Å². The van der Waals surface area contributed by atoms with Crippen LogP contribution in [0.4, 0.5) is 13.2 Å². The van der Waals surface area contributed by atoms with Gasteiger partial charge in [0.25, 0.3) is 0 Å². The highest BCUT2D eigenvalue weighted by molar-refractivity contribution is 6.35. The maximum absolute atomic E-state index is 13.7. The minimum absolute atomic E-state index is 0.0362. The van der Waals surface area contributed by atoms with Crippen LogP contribution in [0.5, 0.6) is 0 Å². The van der Waals surface area contributed by atoms with Crippen LogP contribution in [0, 0.1) is 5.92 Å². The van der Waals surface area contributed by atoms with Gasteiger partial charge < -0.3 is 9.88 Å². The molecule has 3 aromatic rings. The van der Waals surface area contributed by atoms with Crippen molar-refractivity contribution in [3.8, 4) is 0 Å². The molecule has 144 valence electrons. The Balaban J connectivity index is 1.89. The molecule has 0 bridgehead atoms. The number of benzene rings is 1. The molecule has 1 fully saturated rings. The number of aromatic nitrogens is 3. The molecule has 2 aromatic heterocycles. The predicted octanol–water partition coefficient (Wildman–Crippen LogP) is 5.30. The van der Waals surface area contributed by atoms with Gasteiger partial charge in [-0.05, 0) is 56.5 Å². The highest BCUT2D eigenvalue weighted by Gasteiger charge is 2.38. The number of alkyl halides is 3. The fourth-order valence-corrected chi connectivity index (χ4v) is 4.13. The van der Waals surface area contributed by atoms with Gasteiger partial charge >= 0.3 is 6.18 Å². The summed E-state index contributed by atoms with van der Waals surface area (Å²) in [5.74, 6) is -0.556. The summed E-state index contributed by atoms with van der Waals surface area (Å²) in [6.45, 7) is 2.02. The Kier molecular flexibility index (Phi) is 4.94. The number of piperidine rings is 1. The zero-order valence-electron chi connectivity index (χ0n) is 14.3. The second kappa shape index (κ2) is 7.11. The zero-order chi connectivity index (χ0) is 19.2. The number of imidazole rings is 1. The summed E-state index contributed by atoms with van der Waals surface area (Å²) >= 11 is 12.3. The Labute approximate surface area is 163 Å². The zero-order valence-corrected chi connectivity index (χ0v) is 15.8. The molecule has 0 amide bonds. The van der Waals surface area contributed by atoms with Gasteiger partial charge in [0, 0.05) is 17.0 Å². The van der Waals surface area contributed by atoms with E-state index < -0.39 is 12.0 Å². The van der Waals surface area contributed by atoms with E-state index in [1.54, 1.807) is 18.2 Å². The van der Waals surface area contributed by atoms with Gasteiger partial charge in [-0.15, -0.1) is 0 Å². The lowest BCUT2D eigenvalue weighted by Gasteiger charge is -2.23. The van der Waals surface area contributed by atoms with E-state index in [1.165, 1.54) is 4.57 Å². The summed E-state index contributed by atoms with van der Waals surface area (Å²) in [5, 5.41) is 4.18. The maximum Gasteiger partial charge on any atom is 0.449 e. The largest absolute Gasteiger partial charge is 0.449 e. The summed E-state index contributed by atoms with van der Waals surface area (Å²) in [6.07, 6.45) is -2.01. The molecule has 1 aliphatic rings. The SMILES string of the molecule is FC(F)(F)c1nc2c(Cl)nc3ccc(Cl)cc3c2n1CCC1CCNCC1. The van der Waals surface area contributed by atoms with E-state index >= 15 is 0 Å². The first-order chi connectivity index (χ1) is 12.8. The molecule has 4 rings (SSSR count). The van der Waals surface area contributed by atoms with Crippen LogP contribution in [0.15, 0.2) is 18.2 Å². The van der Waals surface area contributed by atoms with Crippen molar-refractivity contribution in [1.82, 2.24) is 19.9 Å². The number of halogens is 5. The van der Waals surface area contributed by atoms with Crippen LogP contribution in [-0.4, -0.2) is 27.6 Å². The van der Waals surface area contributed by atoms with Crippen LogP contribution in [0.25, 0.3) is 21.9 Å². The Morgan fingerprint density at radius 2 is 1.89 bits per heavy atom. The fourth-order valence-electron chi connectivity index (χ4n) is 3.74. The van der Waals surface area contributed by atoms with Crippen LogP contribution in [0.3, 0.4) is 0 Å². The van der Waals surface area contributed by atoms with Crippen LogP contribution < -0.4 is 5.32 Å². The van der Waals surface area contributed by atoms with E-state index in [2.05, 4.69) is 15.3 Å². The normalized spacial score (nSPS) is 16.5. The summed E-state index contributed by atoms with van der Waals surface area (Å²) in [6, 6.07) is 4.91. The lowest BCUT2D eigenvalue weighted by atomic mass is 9.94. The lowest BCUT2D eigenvalue weighted by molar-refractivity contribution is -0.147. The van der Waals surface area contributed by atoms with Gasteiger partial charge in [0.15, 0.2) is 5.15 Å². The van der Waals surface area contributed by atoms with E-state index in [-0.39, 0.29) is 17.2 Å². The van der Waals surface area contributed by atoms with Crippen molar-refractivity contribution in [3.05, 3.63) is 34.2 Å². The first-order valence-electron chi connectivity index (χ1n) is 8.77. The van der Waals surface area contributed by atoms with E-state index in [1.807, 2.05) is 0 Å². The van der Waals surface area contributed by atoms with E-state index in [9.17, 15) is 13.2 Å². The number of hydrogen-bond donors (Lipinski definition) is 1. The third-order valence-electron chi connectivity index (χ3n) is 5.07. The average Bonchev–Trinajstić information content (AvgIpc) is 3.02. The van der Waals surface area contributed by atoms with Crippen LogP contribution in [0.1, 0.15) is 25.1 Å². The molecule has 0 unspecified atom stereocenters. The lowest BCUT2D eigenvalue weighted by Crippen LogP contribution is -2.28. The van der Waals surface area contributed by atoms with E-state index in [0.717, 1.165) is 25.9 Å². The highest BCUT2D eigenvalue weighted by Crippen LogP contribution is 2.37. The molecule has 1 aromatic carbocycles. The molecule has 1 saturated heterocycles. The van der Waals surface area contributed by atoms with Gasteiger partial charge in [-0.2, -0.15) is 13.2 Å². The van der Waals surface area contributed by atoms with Gasteiger partial charge in [-0.1, -0.05) is 23.2 Å². The Hall–Kier alpha value is -1.57. The number of pyridine rings is 1. The van der Waals surface area contributed by atoms with Gasteiger partial charge in [-0.25, -0.2) is 9.97 Å². The predicted molar refractivity (Wildman–Crippen MR) is 100 cm³/mol. The molecule has 9 heteroatoms. The van der Waals surface area contributed by atoms with Gasteiger partial charge in [-0.3, -0.25) is 0 Å². The number of nitrogens with one attached hydrogen (secondary N) is 1. The van der Waals surface area contributed by atoms with Crippen LogP contribution >= 0.6 is 23.2 Å². The molecule has 0 atom stereocenters. The maximum atomic E-state index is 13.7. The number of aryl methyl sites for hydroxylation is 1. The van der Waals surface area contributed by atoms with Crippen molar-refractivity contribution in [2.75, 3.05) is 13.1 Å². The van der Waals surface area contributed by atoms with Crippen molar-refractivity contribution in [2.24, 2.45) is 5.92 Å². The first kappa shape index (κ1) is 18.8. The number of rotatable bonds is 3. The summed E-state index contributed by atoms with van der Waals surface area (Å²) in [4.78, 5) is 8.00. The van der Waals surface area contributed by atoms with Crippen molar-refractivity contribution in [2.45, 2.75) is 32.0 Å². The molecule has 0 spiro atoms. The van der Waals surface area contributed by atoms with Gasteiger partial charge in [0.05, 0.1) is 11.0 Å². The van der Waals surface area contributed by atoms with E-state index in [0.29, 0.717) is 33.8 Å². The molecule has 27 heavy (non-hydrogen) atoms. The third kappa shape index (κ3) is 3.60. The molecular formula is C18H17Cl2F3N4. The third-order valence-corrected chi connectivity index (χ3v) is 5.57. The molecule has 0 saturated carbocycles. The monoisotopic (exact) mass is 416 g/mol. The van der Waals surface area contributed by atoms with Gasteiger partial charge in [0.1, 0.15) is 5.52 Å². The average molecular weight is 417 g/mol. The minimum atomic E-state index is -4.58. The summed E-state index contributed by atoms with van der Waals surface area (Å²) in [5.41, 5.74) is 0.895. The number of nitrogens with zero attached hydrogens (tertiary/aromatic N) is 3. The Morgan fingerprint density at radius 3 is 2.59 bits per heavy atom. The molecule has 1 N–H and O–H groups in total. The van der Waals surface area contributed by atoms with E-state index in [4.69, 9.17) is 23.2 Å². The standard InChI is InChI=1S/C18H17Cl2F3N4/c19-11-1-2-13-12(9-11)15-14(16(20)25-13)26-17(18(21,22)23)27(15)8-5-10-3-6-24-7-4-10/h1-2,9-10,24H,3-8H2. The first-order valence-corrected chi connectivity index (χ1v) is 9.53. The van der Waals surface area contributed by atoms with Crippen molar-refractivity contribution in [3.63, 3.8) is 0 Å². The topological polar surface area (TPSA) is 42.7 Å². The van der Waals surface area contributed by atoms with Crippen molar-refractivity contribution >= 4 is 45.1 Å². The molecule has 0 radical (unpaired) electrons. The second-order valence-electron chi connectivity index (χ2n) is 6.83. The Morgan fingerprint density at radius 1 is 1.15 bits per heavy atom. The minimum Gasteiger partial charge on any atom is -0.320 e. The summed E-state index contributed by atoms with van der Waals surface area (Å²) in [7, 11) is 0. The number of hydrogen-bond acceptors (Lipinski definition) is 3. The summed E-state index contributed by atoms with van der Waals surface area (Å²) < 4.78 is 42.3. The van der Waals surface area contributed by atoms with Crippen molar-refractivity contribution in [1.29, 1.82) is 0 Å². The fraction of sp³-hybridized carbons (Fsp3) is 0.444.